The van der Waals surface area contributed by atoms with Crippen molar-refractivity contribution in [3.05, 3.63) is 12.7 Å². The molecule has 94 valence electrons. The van der Waals surface area contributed by atoms with Crippen molar-refractivity contribution in [1.82, 2.24) is 0 Å². The monoisotopic (exact) mass is 228 g/mol. The summed E-state index contributed by atoms with van der Waals surface area (Å²) in [4.78, 5) is 9.25. The van der Waals surface area contributed by atoms with E-state index in [4.69, 9.17) is 5.11 Å². The van der Waals surface area contributed by atoms with Crippen molar-refractivity contribution in [3.8, 4) is 0 Å². The quantitative estimate of drug-likeness (QED) is 0.727. The lowest BCUT2D eigenvalue weighted by molar-refractivity contribution is -0.131. The number of aliphatic hydroxyl groups is 1. The van der Waals surface area contributed by atoms with Gasteiger partial charge in [-0.1, -0.05) is 45.6 Å². The molecule has 1 rings (SSSR count). The van der Waals surface area contributed by atoms with Crippen molar-refractivity contribution in [2.75, 3.05) is 0 Å². The highest BCUT2D eigenvalue weighted by atomic mass is 16.4. The lowest BCUT2D eigenvalue weighted by Gasteiger charge is -2.31. The molecule has 0 aromatic carbocycles. The summed E-state index contributed by atoms with van der Waals surface area (Å²) in [7, 11) is 0. The van der Waals surface area contributed by atoms with Crippen molar-refractivity contribution in [3.63, 3.8) is 0 Å². The van der Waals surface area contributed by atoms with Gasteiger partial charge in [0.15, 0.2) is 0 Å². The van der Waals surface area contributed by atoms with Gasteiger partial charge in [0.05, 0.1) is 5.60 Å². The van der Waals surface area contributed by atoms with Gasteiger partial charge >= 0.3 is 5.97 Å². The van der Waals surface area contributed by atoms with Crippen LogP contribution in [-0.4, -0.2) is 21.8 Å². The number of carboxylic acids is 1. The molecule has 0 radical (unpaired) electrons. The van der Waals surface area contributed by atoms with Gasteiger partial charge in [-0.05, 0) is 19.3 Å². The van der Waals surface area contributed by atoms with E-state index in [2.05, 4.69) is 13.5 Å². The van der Waals surface area contributed by atoms with Crippen molar-refractivity contribution >= 4 is 5.97 Å². The Morgan fingerprint density at radius 2 is 1.88 bits per heavy atom. The van der Waals surface area contributed by atoms with Crippen molar-refractivity contribution in [2.45, 2.75) is 63.9 Å². The molecule has 0 bridgehead atoms. The molecule has 1 fully saturated rings. The fourth-order valence-corrected chi connectivity index (χ4v) is 1.97. The summed E-state index contributed by atoms with van der Waals surface area (Å²) in [6, 6.07) is 0. The second-order valence-electron chi connectivity index (χ2n) is 4.43. The molecule has 0 amide bonds. The van der Waals surface area contributed by atoms with Gasteiger partial charge in [-0.25, -0.2) is 4.79 Å². The van der Waals surface area contributed by atoms with E-state index in [1.54, 1.807) is 0 Å². The Labute approximate surface area is 98.2 Å². The van der Waals surface area contributed by atoms with Gasteiger partial charge in [-0.15, -0.1) is 0 Å². The van der Waals surface area contributed by atoms with Gasteiger partial charge < -0.3 is 10.2 Å². The number of carbonyl (C=O) groups is 1. The highest BCUT2D eigenvalue weighted by Crippen LogP contribution is 2.31. The number of aliphatic carboxylic acids is 1. The van der Waals surface area contributed by atoms with E-state index in [9.17, 15) is 9.90 Å². The Hall–Kier alpha value is -0.830. The van der Waals surface area contributed by atoms with Crippen molar-refractivity contribution in [1.29, 1.82) is 0 Å². The van der Waals surface area contributed by atoms with Crippen LogP contribution in [0.4, 0.5) is 0 Å². The maximum absolute atomic E-state index is 10.0. The van der Waals surface area contributed by atoms with Crippen LogP contribution in [0.2, 0.25) is 0 Å². The number of hydrogen-bond acceptors (Lipinski definition) is 2. The zero-order valence-corrected chi connectivity index (χ0v) is 10.2. The van der Waals surface area contributed by atoms with Gasteiger partial charge in [0.1, 0.15) is 0 Å². The topological polar surface area (TPSA) is 57.5 Å². The molecule has 0 unspecified atom stereocenters. The van der Waals surface area contributed by atoms with Gasteiger partial charge in [0.2, 0.25) is 0 Å². The highest BCUT2D eigenvalue weighted by Gasteiger charge is 2.27. The molecule has 1 aliphatic carbocycles. The predicted octanol–water partition coefficient (Wildman–Crippen LogP) is 3.13. The van der Waals surface area contributed by atoms with E-state index in [-0.39, 0.29) is 5.60 Å². The van der Waals surface area contributed by atoms with Crippen LogP contribution >= 0.6 is 0 Å². The zero-order chi connectivity index (χ0) is 12.4. The standard InChI is InChI=1S/C10H20O.C3H4O2/c1-2-3-7-10(11)8-5-4-6-9-10;1-2-3(4)5/h11H,2-9H2,1H3;2H,1H2,(H,4,5). The highest BCUT2D eigenvalue weighted by molar-refractivity contribution is 5.78. The fraction of sp³-hybridized carbons (Fsp3) is 0.769. The van der Waals surface area contributed by atoms with E-state index in [1.807, 2.05) is 0 Å². The van der Waals surface area contributed by atoms with Gasteiger partial charge in [0, 0.05) is 6.08 Å². The molecule has 1 aliphatic rings. The molecule has 1 saturated carbocycles. The number of unbranched alkanes of at least 4 members (excludes halogenated alkanes) is 1. The Kier molecular flexibility index (Phi) is 7.90. The lowest BCUT2D eigenvalue weighted by Crippen LogP contribution is -2.30. The van der Waals surface area contributed by atoms with Crippen molar-refractivity contribution < 1.29 is 15.0 Å². The normalized spacial score (nSPS) is 18.1. The molecule has 0 saturated heterocycles. The Balaban J connectivity index is 0.000000385. The second kappa shape index (κ2) is 8.34. The first kappa shape index (κ1) is 15.2. The molecule has 3 nitrogen and oxygen atoms in total. The lowest BCUT2D eigenvalue weighted by atomic mass is 9.81. The first-order chi connectivity index (χ1) is 7.54. The van der Waals surface area contributed by atoms with Crippen LogP contribution < -0.4 is 0 Å². The molecule has 0 spiro atoms. The summed E-state index contributed by atoms with van der Waals surface area (Å²) in [5.74, 6) is -0.981. The Morgan fingerprint density at radius 1 is 1.38 bits per heavy atom. The van der Waals surface area contributed by atoms with Crippen molar-refractivity contribution in [2.24, 2.45) is 0 Å². The number of hydrogen-bond donors (Lipinski definition) is 2. The number of rotatable bonds is 4. The summed E-state index contributed by atoms with van der Waals surface area (Å²) in [5.41, 5.74) is -0.270. The molecule has 3 heteroatoms. The molecule has 0 aromatic rings. The average Bonchev–Trinajstić information content (AvgIpc) is 2.28. The first-order valence-electron chi connectivity index (χ1n) is 6.12. The molecule has 0 atom stereocenters. The van der Waals surface area contributed by atoms with E-state index in [0.717, 1.165) is 25.3 Å². The maximum atomic E-state index is 10.0. The summed E-state index contributed by atoms with van der Waals surface area (Å²) in [5, 5.41) is 17.6. The van der Waals surface area contributed by atoms with Crippen LogP contribution in [-0.2, 0) is 4.79 Å². The fourth-order valence-electron chi connectivity index (χ4n) is 1.97. The minimum atomic E-state index is -0.981. The molecule has 2 N–H and O–H groups in total. The molecular formula is C13H24O3. The summed E-state index contributed by atoms with van der Waals surface area (Å²) in [6.07, 6.45) is 10.2. The van der Waals surface area contributed by atoms with Gasteiger partial charge in [-0.3, -0.25) is 0 Å². The van der Waals surface area contributed by atoms with Crippen LogP contribution in [0, 0.1) is 0 Å². The largest absolute Gasteiger partial charge is 0.478 e. The van der Waals surface area contributed by atoms with E-state index in [1.165, 1.54) is 32.1 Å². The van der Waals surface area contributed by atoms with E-state index in [0.29, 0.717) is 0 Å². The first-order valence-corrected chi connectivity index (χ1v) is 6.12. The van der Waals surface area contributed by atoms with Crippen LogP contribution in [0.5, 0.6) is 0 Å². The maximum Gasteiger partial charge on any atom is 0.327 e. The molecular weight excluding hydrogens is 204 g/mol. The molecule has 0 aliphatic heterocycles. The third-order valence-electron chi connectivity index (χ3n) is 2.95. The minimum absolute atomic E-state index is 0.270. The number of carboxylic acid groups (broad SMARTS) is 1. The smallest absolute Gasteiger partial charge is 0.327 e. The third-order valence-corrected chi connectivity index (χ3v) is 2.95. The predicted molar refractivity (Wildman–Crippen MR) is 65.4 cm³/mol. The third kappa shape index (κ3) is 7.46. The van der Waals surface area contributed by atoms with Gasteiger partial charge in [-0.2, -0.15) is 0 Å². The van der Waals surface area contributed by atoms with Crippen LogP contribution in [0.3, 0.4) is 0 Å². The van der Waals surface area contributed by atoms with Crippen LogP contribution in [0.25, 0.3) is 0 Å². The summed E-state index contributed by atoms with van der Waals surface area (Å²) in [6.45, 7) is 5.15. The SMILES string of the molecule is C=CC(=O)O.CCCCC1(O)CCCCC1. The molecule has 0 heterocycles. The minimum Gasteiger partial charge on any atom is -0.478 e. The van der Waals surface area contributed by atoms with Gasteiger partial charge in [0.25, 0.3) is 0 Å². The average molecular weight is 228 g/mol. The van der Waals surface area contributed by atoms with E-state index < -0.39 is 5.97 Å². The van der Waals surface area contributed by atoms with Crippen LogP contribution in [0.1, 0.15) is 58.3 Å². The Bertz CT molecular complexity index is 205. The van der Waals surface area contributed by atoms with E-state index >= 15 is 0 Å². The molecule has 16 heavy (non-hydrogen) atoms. The van der Waals surface area contributed by atoms with Crippen LogP contribution in [0.15, 0.2) is 12.7 Å². The summed E-state index contributed by atoms with van der Waals surface area (Å²) < 4.78 is 0. The molecule has 0 aromatic heterocycles. The Morgan fingerprint density at radius 3 is 2.25 bits per heavy atom. The second-order valence-corrected chi connectivity index (χ2v) is 4.43. The zero-order valence-electron chi connectivity index (χ0n) is 10.2. The summed E-state index contributed by atoms with van der Waals surface area (Å²) >= 11 is 0.